The van der Waals surface area contributed by atoms with Crippen LogP contribution in [0.2, 0.25) is 0 Å². The van der Waals surface area contributed by atoms with Gasteiger partial charge < -0.3 is 9.64 Å². The number of carbonyl (C=O) groups is 1. The van der Waals surface area contributed by atoms with Crippen LogP contribution in [0.1, 0.15) is 43.7 Å². The highest BCUT2D eigenvalue weighted by Gasteiger charge is 2.27. The zero-order valence-electron chi connectivity index (χ0n) is 13.8. The van der Waals surface area contributed by atoms with E-state index in [1.54, 1.807) is 11.1 Å². The maximum Gasteiger partial charge on any atom is 0.308 e. The Kier molecular flexibility index (Phi) is 4.70. The van der Waals surface area contributed by atoms with Gasteiger partial charge in [0.25, 0.3) is 0 Å². The topological polar surface area (TPSA) is 29.5 Å². The second kappa shape index (κ2) is 6.72. The van der Waals surface area contributed by atoms with Crippen molar-refractivity contribution in [3.05, 3.63) is 29.3 Å². The average molecular weight is 301 g/mol. The Bertz CT molecular complexity index is 540. The molecule has 1 aromatic carbocycles. The molecule has 2 unspecified atom stereocenters. The van der Waals surface area contributed by atoms with Gasteiger partial charge in [-0.25, -0.2) is 0 Å². The predicted octanol–water partition coefficient (Wildman–Crippen LogP) is 3.59. The van der Waals surface area contributed by atoms with Gasteiger partial charge in [-0.05, 0) is 67.7 Å². The lowest BCUT2D eigenvalue weighted by molar-refractivity contribution is -0.145. The first-order valence-electron chi connectivity index (χ1n) is 8.62. The number of anilines is 1. The van der Waals surface area contributed by atoms with Crippen LogP contribution >= 0.6 is 0 Å². The summed E-state index contributed by atoms with van der Waals surface area (Å²) in [6, 6.07) is 7.02. The van der Waals surface area contributed by atoms with Crippen LogP contribution in [0.25, 0.3) is 0 Å². The van der Waals surface area contributed by atoms with Crippen molar-refractivity contribution in [2.45, 2.75) is 45.4 Å². The molecule has 0 bridgehead atoms. The molecule has 1 heterocycles. The van der Waals surface area contributed by atoms with Gasteiger partial charge in [-0.2, -0.15) is 0 Å². The number of aryl methyl sites for hydroxylation is 2. The SMILES string of the molecule is COC(=O)C(C)CC1CCN(c2ccc3c(c2)CCCC3)C1. The van der Waals surface area contributed by atoms with E-state index in [1.807, 2.05) is 6.92 Å². The van der Waals surface area contributed by atoms with Crippen LogP contribution in [0.15, 0.2) is 18.2 Å². The van der Waals surface area contributed by atoms with Gasteiger partial charge in [0, 0.05) is 18.8 Å². The summed E-state index contributed by atoms with van der Waals surface area (Å²) in [6.45, 7) is 4.16. The molecule has 120 valence electrons. The van der Waals surface area contributed by atoms with Crippen molar-refractivity contribution in [3.63, 3.8) is 0 Å². The molecule has 0 N–H and O–H groups in total. The standard InChI is InChI=1S/C19H27NO2/c1-14(19(21)22-2)11-15-9-10-20(13-15)18-8-7-16-5-3-4-6-17(16)12-18/h7-8,12,14-15H,3-6,9-11,13H2,1-2H3. The van der Waals surface area contributed by atoms with E-state index < -0.39 is 0 Å². The Hall–Kier alpha value is -1.51. The Morgan fingerprint density at radius 3 is 2.86 bits per heavy atom. The van der Waals surface area contributed by atoms with Crippen LogP contribution in [-0.2, 0) is 22.4 Å². The summed E-state index contributed by atoms with van der Waals surface area (Å²) in [5, 5.41) is 0. The van der Waals surface area contributed by atoms with Gasteiger partial charge in [-0.3, -0.25) is 4.79 Å². The van der Waals surface area contributed by atoms with Crippen molar-refractivity contribution in [3.8, 4) is 0 Å². The minimum atomic E-state index is -0.0766. The van der Waals surface area contributed by atoms with Crippen LogP contribution in [0, 0.1) is 11.8 Å². The summed E-state index contributed by atoms with van der Waals surface area (Å²) in [6.07, 6.45) is 7.26. The molecular weight excluding hydrogens is 274 g/mol. The first-order valence-corrected chi connectivity index (χ1v) is 8.62. The summed E-state index contributed by atoms with van der Waals surface area (Å²) in [5.74, 6) is 0.538. The molecule has 1 fully saturated rings. The monoisotopic (exact) mass is 301 g/mol. The minimum Gasteiger partial charge on any atom is -0.469 e. The number of esters is 1. The van der Waals surface area contributed by atoms with E-state index in [2.05, 4.69) is 23.1 Å². The Morgan fingerprint density at radius 1 is 1.32 bits per heavy atom. The minimum absolute atomic E-state index is 0.0125. The normalized spacial score (nSPS) is 22.3. The van der Waals surface area contributed by atoms with Gasteiger partial charge >= 0.3 is 5.97 Å². The molecule has 3 heteroatoms. The number of rotatable bonds is 4. The first kappa shape index (κ1) is 15.4. The van der Waals surface area contributed by atoms with Crippen molar-refractivity contribution >= 4 is 11.7 Å². The fourth-order valence-electron chi connectivity index (χ4n) is 3.97. The summed E-state index contributed by atoms with van der Waals surface area (Å²) < 4.78 is 4.84. The van der Waals surface area contributed by atoms with Crippen LogP contribution in [0.5, 0.6) is 0 Å². The number of hydrogen-bond acceptors (Lipinski definition) is 3. The molecule has 22 heavy (non-hydrogen) atoms. The number of methoxy groups -OCH3 is 1. The first-order chi connectivity index (χ1) is 10.7. The number of ether oxygens (including phenoxy) is 1. The molecule has 1 saturated heterocycles. The summed E-state index contributed by atoms with van der Waals surface area (Å²) >= 11 is 0. The molecule has 3 nitrogen and oxygen atoms in total. The van der Waals surface area contributed by atoms with E-state index in [-0.39, 0.29) is 11.9 Å². The fraction of sp³-hybridized carbons (Fsp3) is 0.632. The summed E-state index contributed by atoms with van der Waals surface area (Å²) in [5.41, 5.74) is 4.47. The van der Waals surface area contributed by atoms with Crippen molar-refractivity contribution in [1.29, 1.82) is 0 Å². The molecule has 1 aromatic rings. The van der Waals surface area contributed by atoms with E-state index in [4.69, 9.17) is 4.74 Å². The molecule has 0 spiro atoms. The Labute approximate surface area is 133 Å². The van der Waals surface area contributed by atoms with Gasteiger partial charge in [0.15, 0.2) is 0 Å². The molecule has 0 saturated carbocycles. The molecule has 2 aliphatic rings. The number of fused-ring (bicyclic) bond motifs is 1. The second-order valence-corrected chi connectivity index (χ2v) is 6.92. The number of nitrogens with zero attached hydrogens (tertiary/aromatic N) is 1. The highest BCUT2D eigenvalue weighted by molar-refractivity contribution is 5.71. The highest BCUT2D eigenvalue weighted by atomic mass is 16.5. The molecule has 0 amide bonds. The maximum absolute atomic E-state index is 11.6. The molecule has 1 aliphatic heterocycles. The van der Waals surface area contributed by atoms with Crippen LogP contribution in [0.4, 0.5) is 5.69 Å². The Morgan fingerprint density at radius 2 is 2.09 bits per heavy atom. The average Bonchev–Trinajstić information content (AvgIpc) is 3.02. The largest absolute Gasteiger partial charge is 0.469 e. The van der Waals surface area contributed by atoms with Gasteiger partial charge in [-0.1, -0.05) is 13.0 Å². The van der Waals surface area contributed by atoms with Crippen LogP contribution in [0.3, 0.4) is 0 Å². The molecular formula is C19H27NO2. The van der Waals surface area contributed by atoms with E-state index >= 15 is 0 Å². The van der Waals surface area contributed by atoms with E-state index in [1.165, 1.54) is 44.9 Å². The van der Waals surface area contributed by atoms with Gasteiger partial charge in [-0.15, -0.1) is 0 Å². The van der Waals surface area contributed by atoms with Gasteiger partial charge in [0.1, 0.15) is 0 Å². The molecule has 3 rings (SSSR count). The third-order valence-corrected chi connectivity index (χ3v) is 5.27. The zero-order chi connectivity index (χ0) is 15.5. The van der Waals surface area contributed by atoms with E-state index in [9.17, 15) is 4.79 Å². The van der Waals surface area contributed by atoms with Crippen molar-refractivity contribution in [2.75, 3.05) is 25.1 Å². The molecule has 1 aliphatic carbocycles. The number of hydrogen-bond donors (Lipinski definition) is 0. The quantitative estimate of drug-likeness (QED) is 0.796. The number of benzene rings is 1. The summed E-state index contributed by atoms with van der Waals surface area (Å²) in [7, 11) is 1.48. The molecule has 0 radical (unpaired) electrons. The van der Waals surface area contributed by atoms with Crippen molar-refractivity contribution in [2.24, 2.45) is 11.8 Å². The predicted molar refractivity (Wildman–Crippen MR) is 89.2 cm³/mol. The van der Waals surface area contributed by atoms with Crippen molar-refractivity contribution < 1.29 is 9.53 Å². The van der Waals surface area contributed by atoms with E-state index in [0.717, 1.165) is 19.5 Å². The fourth-order valence-corrected chi connectivity index (χ4v) is 3.97. The lowest BCUT2D eigenvalue weighted by Gasteiger charge is -2.23. The second-order valence-electron chi connectivity index (χ2n) is 6.92. The lowest BCUT2D eigenvalue weighted by atomic mass is 9.91. The van der Waals surface area contributed by atoms with Crippen LogP contribution in [-0.4, -0.2) is 26.2 Å². The van der Waals surface area contributed by atoms with Gasteiger partial charge in [0.2, 0.25) is 0 Å². The third-order valence-electron chi connectivity index (χ3n) is 5.27. The summed E-state index contributed by atoms with van der Waals surface area (Å²) in [4.78, 5) is 14.1. The van der Waals surface area contributed by atoms with Crippen LogP contribution < -0.4 is 4.90 Å². The smallest absolute Gasteiger partial charge is 0.308 e. The molecule has 0 aromatic heterocycles. The molecule has 2 atom stereocenters. The van der Waals surface area contributed by atoms with Gasteiger partial charge in [0.05, 0.1) is 13.0 Å². The number of carbonyl (C=O) groups excluding carboxylic acids is 1. The zero-order valence-corrected chi connectivity index (χ0v) is 13.8. The van der Waals surface area contributed by atoms with E-state index in [0.29, 0.717) is 5.92 Å². The highest BCUT2D eigenvalue weighted by Crippen LogP contribution is 2.31. The Balaban J connectivity index is 1.61. The third kappa shape index (κ3) is 3.29. The maximum atomic E-state index is 11.6. The lowest BCUT2D eigenvalue weighted by Crippen LogP contribution is -2.22. The van der Waals surface area contributed by atoms with Crippen molar-refractivity contribution in [1.82, 2.24) is 0 Å².